The molecule has 2 heterocycles. The van der Waals surface area contributed by atoms with E-state index in [2.05, 4.69) is 15.3 Å². The van der Waals surface area contributed by atoms with Crippen molar-refractivity contribution in [3.05, 3.63) is 23.9 Å². The molecule has 1 aliphatic carbocycles. The number of aromatic nitrogens is 2. The summed E-state index contributed by atoms with van der Waals surface area (Å²) in [4.78, 5) is 19.0. The highest BCUT2D eigenvalue weighted by atomic mass is 16.2. The van der Waals surface area contributed by atoms with E-state index in [4.69, 9.17) is 5.73 Å². The Morgan fingerprint density at radius 1 is 1.50 bits per heavy atom. The van der Waals surface area contributed by atoms with Crippen LogP contribution in [0.1, 0.15) is 18.4 Å². The Hall–Kier alpha value is -2.04. The lowest BCUT2D eigenvalue weighted by Crippen LogP contribution is -2.26. The van der Waals surface area contributed by atoms with Crippen LogP contribution in [0.3, 0.4) is 0 Å². The number of carbonyl (C=O) groups is 1. The number of nitrogens with one attached hydrogen (secondary N) is 2. The van der Waals surface area contributed by atoms with Crippen LogP contribution in [0.2, 0.25) is 0 Å². The molecule has 18 heavy (non-hydrogen) atoms. The number of anilines is 1. The van der Waals surface area contributed by atoms with E-state index in [1.165, 1.54) is 0 Å². The van der Waals surface area contributed by atoms with E-state index in [0.717, 1.165) is 35.9 Å². The van der Waals surface area contributed by atoms with E-state index in [-0.39, 0.29) is 11.8 Å². The highest BCUT2D eigenvalue weighted by molar-refractivity contribution is 5.82. The quantitative estimate of drug-likeness (QED) is 0.756. The summed E-state index contributed by atoms with van der Waals surface area (Å²) >= 11 is 0. The zero-order chi connectivity index (χ0) is 12.5. The van der Waals surface area contributed by atoms with Crippen molar-refractivity contribution in [3.8, 4) is 0 Å². The number of nitrogens with zero attached hydrogens (tertiary/aromatic N) is 1. The zero-order valence-electron chi connectivity index (χ0n) is 10.1. The molecule has 94 valence electrons. The van der Waals surface area contributed by atoms with Gasteiger partial charge in [0.1, 0.15) is 5.82 Å². The molecule has 1 amide bonds. The first-order valence-corrected chi connectivity index (χ1v) is 6.24. The van der Waals surface area contributed by atoms with E-state index in [1.54, 1.807) is 6.07 Å². The average molecular weight is 244 g/mol. The number of H-pyrrole nitrogens is 1. The maximum Gasteiger partial charge on any atom is 0.223 e. The van der Waals surface area contributed by atoms with Gasteiger partial charge in [0.2, 0.25) is 5.91 Å². The molecule has 1 aliphatic rings. The van der Waals surface area contributed by atoms with Crippen molar-refractivity contribution in [1.82, 2.24) is 15.3 Å². The van der Waals surface area contributed by atoms with E-state index in [0.29, 0.717) is 12.4 Å². The molecule has 1 fully saturated rings. The van der Waals surface area contributed by atoms with Crippen LogP contribution in [0.25, 0.3) is 11.0 Å². The summed E-state index contributed by atoms with van der Waals surface area (Å²) in [6, 6.07) is 3.70. The molecule has 1 saturated carbocycles. The molecule has 2 aromatic heterocycles. The Morgan fingerprint density at radius 2 is 2.33 bits per heavy atom. The minimum atomic E-state index is 0.183. The molecule has 0 unspecified atom stereocenters. The Balaban J connectivity index is 1.66. The number of carbonyl (C=O) groups excluding carboxylic acids is 1. The first kappa shape index (κ1) is 11.1. The van der Waals surface area contributed by atoms with Gasteiger partial charge in [-0.2, -0.15) is 0 Å². The standard InChI is InChI=1S/C13H16N4O/c14-11-4-3-10-12(17-11)9(7-16-10)5-6-15-13(18)8-1-2-8/h3-4,7-8,16H,1-2,5-6H2,(H2,14,17)(H,15,18). The van der Waals surface area contributed by atoms with Crippen molar-refractivity contribution < 1.29 is 4.79 Å². The van der Waals surface area contributed by atoms with Gasteiger partial charge in [-0.25, -0.2) is 4.98 Å². The lowest BCUT2D eigenvalue weighted by Gasteiger charge is -2.03. The van der Waals surface area contributed by atoms with Crippen LogP contribution in [0.4, 0.5) is 5.82 Å². The maximum absolute atomic E-state index is 11.5. The number of hydrogen-bond acceptors (Lipinski definition) is 3. The van der Waals surface area contributed by atoms with Crippen molar-refractivity contribution >= 4 is 22.8 Å². The van der Waals surface area contributed by atoms with Gasteiger partial charge in [0, 0.05) is 18.7 Å². The normalized spacial score (nSPS) is 14.9. The SMILES string of the molecule is Nc1ccc2[nH]cc(CCNC(=O)C3CC3)c2n1. The number of pyridine rings is 1. The Kier molecular flexibility index (Phi) is 2.66. The van der Waals surface area contributed by atoms with Crippen molar-refractivity contribution in [2.24, 2.45) is 5.92 Å². The summed E-state index contributed by atoms with van der Waals surface area (Å²) in [5.74, 6) is 0.967. The largest absolute Gasteiger partial charge is 0.384 e. The third-order valence-electron chi connectivity index (χ3n) is 3.26. The third-order valence-corrected chi connectivity index (χ3v) is 3.26. The molecule has 3 rings (SSSR count). The number of nitrogens with two attached hydrogens (primary N) is 1. The lowest BCUT2D eigenvalue weighted by atomic mass is 10.2. The van der Waals surface area contributed by atoms with Crippen molar-refractivity contribution in [2.45, 2.75) is 19.3 Å². The van der Waals surface area contributed by atoms with Crippen LogP contribution in [0, 0.1) is 5.92 Å². The molecule has 5 heteroatoms. The first-order valence-electron chi connectivity index (χ1n) is 6.24. The predicted octanol–water partition coefficient (Wildman–Crippen LogP) is 1.21. The summed E-state index contributed by atoms with van der Waals surface area (Å²) in [5.41, 5.74) is 8.65. The second kappa shape index (κ2) is 4.33. The number of nitrogen functional groups attached to an aromatic ring is 1. The zero-order valence-corrected chi connectivity index (χ0v) is 10.1. The van der Waals surface area contributed by atoms with Crippen LogP contribution < -0.4 is 11.1 Å². The van der Waals surface area contributed by atoms with Crippen molar-refractivity contribution in [2.75, 3.05) is 12.3 Å². The minimum absolute atomic E-state index is 0.183. The summed E-state index contributed by atoms with van der Waals surface area (Å²) in [7, 11) is 0. The second-order valence-electron chi connectivity index (χ2n) is 4.76. The van der Waals surface area contributed by atoms with Crippen LogP contribution in [-0.2, 0) is 11.2 Å². The highest BCUT2D eigenvalue weighted by Crippen LogP contribution is 2.28. The highest BCUT2D eigenvalue weighted by Gasteiger charge is 2.29. The number of rotatable bonds is 4. The van der Waals surface area contributed by atoms with Crippen LogP contribution in [0.5, 0.6) is 0 Å². The van der Waals surface area contributed by atoms with E-state index < -0.39 is 0 Å². The fourth-order valence-electron chi connectivity index (χ4n) is 2.07. The molecule has 0 saturated heterocycles. The fraction of sp³-hybridized carbons (Fsp3) is 0.385. The molecule has 0 radical (unpaired) electrons. The Bertz CT molecular complexity index is 586. The summed E-state index contributed by atoms with van der Waals surface area (Å²) in [6.45, 7) is 0.652. The number of fused-ring (bicyclic) bond motifs is 1. The number of hydrogen-bond donors (Lipinski definition) is 3. The van der Waals surface area contributed by atoms with E-state index in [9.17, 15) is 4.79 Å². The molecule has 2 aromatic rings. The van der Waals surface area contributed by atoms with E-state index in [1.807, 2.05) is 12.3 Å². The summed E-state index contributed by atoms with van der Waals surface area (Å²) in [5, 5.41) is 2.95. The van der Waals surface area contributed by atoms with Gasteiger partial charge in [0.05, 0.1) is 11.0 Å². The molecular weight excluding hydrogens is 228 g/mol. The van der Waals surface area contributed by atoms with E-state index >= 15 is 0 Å². The van der Waals surface area contributed by atoms with Crippen LogP contribution in [-0.4, -0.2) is 22.4 Å². The molecule has 0 atom stereocenters. The molecule has 0 aliphatic heterocycles. The molecule has 0 spiro atoms. The van der Waals surface area contributed by atoms with Crippen molar-refractivity contribution in [1.29, 1.82) is 0 Å². The molecule has 0 aromatic carbocycles. The van der Waals surface area contributed by atoms with Gasteiger partial charge in [-0.15, -0.1) is 0 Å². The predicted molar refractivity (Wildman–Crippen MR) is 69.9 cm³/mol. The van der Waals surface area contributed by atoms with Gasteiger partial charge in [-0.3, -0.25) is 4.79 Å². The van der Waals surface area contributed by atoms with Crippen LogP contribution >= 0.6 is 0 Å². The number of amides is 1. The lowest BCUT2D eigenvalue weighted by molar-refractivity contribution is -0.122. The van der Waals surface area contributed by atoms with Gasteiger partial charge in [0.15, 0.2) is 0 Å². The molecular formula is C13H16N4O. The Labute approximate surface area is 105 Å². The van der Waals surface area contributed by atoms with Gasteiger partial charge >= 0.3 is 0 Å². The third kappa shape index (κ3) is 2.16. The van der Waals surface area contributed by atoms with Crippen molar-refractivity contribution in [3.63, 3.8) is 0 Å². The minimum Gasteiger partial charge on any atom is -0.384 e. The van der Waals surface area contributed by atoms with Gasteiger partial charge < -0.3 is 16.0 Å². The maximum atomic E-state index is 11.5. The van der Waals surface area contributed by atoms with Gasteiger partial charge in [-0.05, 0) is 37.0 Å². The Morgan fingerprint density at radius 3 is 3.11 bits per heavy atom. The first-order chi connectivity index (χ1) is 8.74. The summed E-state index contributed by atoms with van der Waals surface area (Å²) < 4.78 is 0. The molecule has 5 nitrogen and oxygen atoms in total. The van der Waals surface area contributed by atoms with Crippen LogP contribution in [0.15, 0.2) is 18.3 Å². The average Bonchev–Trinajstić information content (AvgIpc) is 3.13. The topological polar surface area (TPSA) is 83.8 Å². The van der Waals surface area contributed by atoms with Gasteiger partial charge in [0.25, 0.3) is 0 Å². The summed E-state index contributed by atoms with van der Waals surface area (Å²) in [6.07, 6.45) is 4.78. The van der Waals surface area contributed by atoms with Gasteiger partial charge in [-0.1, -0.05) is 0 Å². The smallest absolute Gasteiger partial charge is 0.223 e. The fourth-order valence-corrected chi connectivity index (χ4v) is 2.07. The molecule has 0 bridgehead atoms. The number of aromatic amines is 1. The second-order valence-corrected chi connectivity index (χ2v) is 4.76. The molecule has 4 N–H and O–H groups in total. The monoisotopic (exact) mass is 244 g/mol.